The molecule has 36 heavy (non-hydrogen) atoms. The molecule has 184 valence electrons. The van der Waals surface area contributed by atoms with E-state index in [1.807, 2.05) is 6.20 Å². The van der Waals surface area contributed by atoms with Crippen molar-refractivity contribution in [1.29, 1.82) is 0 Å². The van der Waals surface area contributed by atoms with Crippen molar-refractivity contribution in [1.82, 2.24) is 19.8 Å². The van der Waals surface area contributed by atoms with Crippen LogP contribution in [0.3, 0.4) is 0 Å². The Morgan fingerprint density at radius 2 is 1.81 bits per heavy atom. The first-order chi connectivity index (χ1) is 17.7. The van der Waals surface area contributed by atoms with Gasteiger partial charge in [-0.1, -0.05) is 48.5 Å². The number of fused-ring (bicyclic) bond motifs is 2. The van der Waals surface area contributed by atoms with Gasteiger partial charge in [0.05, 0.1) is 11.7 Å². The summed E-state index contributed by atoms with van der Waals surface area (Å²) in [5.41, 5.74) is 7.61. The summed E-state index contributed by atoms with van der Waals surface area (Å²) in [7, 11) is 2.07. The van der Waals surface area contributed by atoms with Crippen molar-refractivity contribution in [3.8, 4) is 0 Å². The summed E-state index contributed by atoms with van der Waals surface area (Å²) in [6, 6.07) is 22.0. The number of aromatic nitrogens is 2. The minimum atomic E-state index is 0.0938. The minimum Gasteiger partial charge on any atom is -0.350 e. The first-order valence-corrected chi connectivity index (χ1v) is 13.2. The van der Waals surface area contributed by atoms with Crippen molar-refractivity contribution >= 4 is 16.8 Å². The molecule has 1 aliphatic carbocycles. The topological polar surface area (TPSA) is 50.2 Å². The molecule has 0 bridgehead atoms. The van der Waals surface area contributed by atoms with Gasteiger partial charge in [-0.2, -0.15) is 0 Å². The van der Waals surface area contributed by atoms with Crippen molar-refractivity contribution in [3.05, 3.63) is 101 Å². The van der Waals surface area contributed by atoms with E-state index in [0.29, 0.717) is 12.5 Å². The van der Waals surface area contributed by atoms with Crippen LogP contribution in [0.1, 0.15) is 53.3 Å². The number of carbonyl (C=O) groups is 1. The molecule has 5 heteroatoms. The summed E-state index contributed by atoms with van der Waals surface area (Å²) < 4.78 is 2.15. The molecule has 1 amide bonds. The molecule has 2 aromatic heterocycles. The molecule has 5 nitrogen and oxygen atoms in total. The third kappa shape index (κ3) is 4.56. The molecule has 0 spiro atoms. The maximum Gasteiger partial charge on any atom is 0.223 e. The van der Waals surface area contributed by atoms with Gasteiger partial charge in [0.1, 0.15) is 0 Å². The Hall–Kier alpha value is -3.44. The number of carbonyl (C=O) groups excluding carboxylic acids is 1. The molecule has 6 rings (SSSR count). The van der Waals surface area contributed by atoms with Crippen LogP contribution in [0.2, 0.25) is 0 Å². The van der Waals surface area contributed by atoms with Crippen LogP contribution < -0.4 is 5.32 Å². The molecule has 1 saturated heterocycles. The highest BCUT2D eigenvalue weighted by molar-refractivity contribution is 5.85. The van der Waals surface area contributed by atoms with E-state index < -0.39 is 0 Å². The number of pyridine rings is 1. The van der Waals surface area contributed by atoms with Crippen LogP contribution in [0.15, 0.2) is 73.1 Å². The summed E-state index contributed by atoms with van der Waals surface area (Å²) in [5, 5.41) is 4.95. The molecule has 0 radical (unpaired) electrons. The Morgan fingerprint density at radius 3 is 2.58 bits per heavy atom. The summed E-state index contributed by atoms with van der Waals surface area (Å²) in [5.74, 6) is 0.235. The largest absolute Gasteiger partial charge is 0.350 e. The SMILES string of the molecule is Cn1cc(CCC(=O)N2CCCC2c2ccc(CNC3Cc4ccccc4C3)cn2)c2ccccc21. The van der Waals surface area contributed by atoms with Crippen LogP contribution in [0.25, 0.3) is 10.9 Å². The molecule has 2 aliphatic rings. The number of nitrogens with one attached hydrogen (secondary N) is 1. The van der Waals surface area contributed by atoms with Gasteiger partial charge in [-0.3, -0.25) is 9.78 Å². The average molecular weight is 479 g/mol. The number of hydrogen-bond donors (Lipinski definition) is 1. The number of likely N-dealkylation sites (tertiary alicyclic amines) is 1. The first kappa shape index (κ1) is 23.0. The number of rotatable bonds is 7. The molecule has 1 atom stereocenters. The number of amides is 1. The molecule has 1 unspecified atom stereocenters. The lowest BCUT2D eigenvalue weighted by atomic mass is 10.1. The van der Waals surface area contributed by atoms with E-state index in [0.717, 1.165) is 50.9 Å². The third-order valence-corrected chi connectivity index (χ3v) is 8.00. The monoisotopic (exact) mass is 478 g/mol. The second-order valence-corrected chi connectivity index (χ2v) is 10.4. The van der Waals surface area contributed by atoms with Gasteiger partial charge in [0.15, 0.2) is 0 Å². The van der Waals surface area contributed by atoms with Crippen LogP contribution in [-0.4, -0.2) is 32.9 Å². The van der Waals surface area contributed by atoms with Crippen molar-refractivity contribution in [2.45, 2.75) is 57.2 Å². The Kier molecular flexibility index (Phi) is 6.32. The highest BCUT2D eigenvalue weighted by Gasteiger charge is 2.30. The predicted molar refractivity (Wildman–Crippen MR) is 144 cm³/mol. The zero-order chi connectivity index (χ0) is 24.5. The van der Waals surface area contributed by atoms with E-state index in [4.69, 9.17) is 4.98 Å². The Morgan fingerprint density at radius 1 is 1.03 bits per heavy atom. The number of nitrogens with zero attached hydrogens (tertiary/aromatic N) is 3. The molecule has 1 N–H and O–H groups in total. The van der Waals surface area contributed by atoms with Crippen LogP contribution >= 0.6 is 0 Å². The smallest absolute Gasteiger partial charge is 0.223 e. The molecule has 2 aromatic carbocycles. The number of para-hydroxylation sites is 1. The highest BCUT2D eigenvalue weighted by atomic mass is 16.2. The van der Waals surface area contributed by atoms with Crippen molar-refractivity contribution < 1.29 is 4.79 Å². The second-order valence-electron chi connectivity index (χ2n) is 10.4. The lowest BCUT2D eigenvalue weighted by molar-refractivity contribution is -0.132. The second kappa shape index (κ2) is 9.90. The Balaban J connectivity index is 1.05. The maximum atomic E-state index is 13.2. The zero-order valence-electron chi connectivity index (χ0n) is 21.0. The van der Waals surface area contributed by atoms with Gasteiger partial charge in [-0.05, 0) is 66.5 Å². The summed E-state index contributed by atoms with van der Waals surface area (Å²) >= 11 is 0. The summed E-state index contributed by atoms with van der Waals surface area (Å²) in [6.45, 7) is 1.65. The fourth-order valence-electron chi connectivity index (χ4n) is 6.09. The number of hydrogen-bond acceptors (Lipinski definition) is 3. The molecule has 1 fully saturated rings. The van der Waals surface area contributed by atoms with E-state index in [1.165, 1.54) is 33.2 Å². The van der Waals surface area contributed by atoms with Gasteiger partial charge in [-0.25, -0.2) is 0 Å². The van der Waals surface area contributed by atoms with Gasteiger partial charge in [-0.15, -0.1) is 0 Å². The van der Waals surface area contributed by atoms with E-state index in [9.17, 15) is 4.79 Å². The Bertz CT molecular complexity index is 1350. The third-order valence-electron chi connectivity index (χ3n) is 8.00. The summed E-state index contributed by atoms with van der Waals surface area (Å²) in [4.78, 5) is 20.1. The van der Waals surface area contributed by atoms with Crippen molar-refractivity contribution in [2.24, 2.45) is 7.05 Å². The summed E-state index contributed by atoms with van der Waals surface area (Å²) in [6.07, 6.45) is 9.68. The molecule has 1 aliphatic heterocycles. The van der Waals surface area contributed by atoms with Crippen molar-refractivity contribution in [3.63, 3.8) is 0 Å². The van der Waals surface area contributed by atoms with Crippen LogP contribution in [0.5, 0.6) is 0 Å². The molecular weight excluding hydrogens is 444 g/mol. The fraction of sp³-hybridized carbons (Fsp3) is 0.355. The molecule has 3 heterocycles. The average Bonchev–Trinajstić information content (AvgIpc) is 3.64. The van der Waals surface area contributed by atoms with Gasteiger partial charge in [0.25, 0.3) is 0 Å². The van der Waals surface area contributed by atoms with Crippen molar-refractivity contribution in [2.75, 3.05) is 6.54 Å². The lowest BCUT2D eigenvalue weighted by Gasteiger charge is -2.24. The van der Waals surface area contributed by atoms with E-state index >= 15 is 0 Å². The predicted octanol–water partition coefficient (Wildman–Crippen LogP) is 5.13. The standard InChI is InChI=1S/C31H34N4O/c1-34-21-25(27-9-4-5-10-29(27)34)13-15-31(36)35-16-6-11-30(35)28-14-12-22(20-33-28)19-32-26-17-23-7-2-3-8-24(23)18-26/h2-5,7-10,12,14,20-21,26,30,32H,6,11,13,15-19H2,1H3. The number of aryl methyl sites for hydroxylation is 2. The van der Waals surface area contributed by atoms with E-state index in [1.54, 1.807) is 0 Å². The van der Waals surface area contributed by atoms with Crippen LogP contribution in [0.4, 0.5) is 0 Å². The molecule has 0 saturated carbocycles. The van der Waals surface area contributed by atoms with Gasteiger partial charge < -0.3 is 14.8 Å². The zero-order valence-corrected chi connectivity index (χ0v) is 21.0. The van der Waals surface area contributed by atoms with Crippen LogP contribution in [-0.2, 0) is 37.6 Å². The molecule has 4 aromatic rings. The normalized spacial score (nSPS) is 17.7. The minimum absolute atomic E-state index is 0.0938. The highest BCUT2D eigenvalue weighted by Crippen LogP contribution is 2.32. The van der Waals surface area contributed by atoms with Gasteiger partial charge >= 0.3 is 0 Å². The van der Waals surface area contributed by atoms with E-state index in [-0.39, 0.29) is 11.9 Å². The van der Waals surface area contributed by atoms with E-state index in [2.05, 4.69) is 88.7 Å². The molecular formula is C31H34N4O. The fourth-order valence-corrected chi connectivity index (χ4v) is 6.09. The van der Waals surface area contributed by atoms with Gasteiger partial charge in [0, 0.05) is 55.9 Å². The number of benzene rings is 2. The quantitative estimate of drug-likeness (QED) is 0.401. The van der Waals surface area contributed by atoms with Gasteiger partial charge in [0.2, 0.25) is 5.91 Å². The Labute approximate surface area is 213 Å². The van der Waals surface area contributed by atoms with Crippen LogP contribution in [0, 0.1) is 0 Å². The first-order valence-electron chi connectivity index (χ1n) is 13.2. The lowest BCUT2D eigenvalue weighted by Crippen LogP contribution is -2.31. The maximum absolute atomic E-state index is 13.2.